The van der Waals surface area contributed by atoms with Crippen LogP contribution in [0.2, 0.25) is 0 Å². The number of nitrogens with one attached hydrogen (secondary N) is 1. The van der Waals surface area contributed by atoms with Crippen LogP contribution < -0.4 is 10.1 Å². The van der Waals surface area contributed by atoms with Gasteiger partial charge in [-0.1, -0.05) is 13.0 Å². The van der Waals surface area contributed by atoms with E-state index in [1.165, 1.54) is 6.33 Å². The molecule has 1 aliphatic rings. The van der Waals surface area contributed by atoms with Gasteiger partial charge in [0.1, 0.15) is 23.3 Å². The second-order valence-electron chi connectivity index (χ2n) is 9.39. The van der Waals surface area contributed by atoms with E-state index in [-0.39, 0.29) is 18.1 Å². The first kappa shape index (κ1) is 23.8. The molecule has 3 rings (SSSR count). The van der Waals surface area contributed by atoms with Gasteiger partial charge in [0.15, 0.2) is 5.75 Å². The van der Waals surface area contributed by atoms with Gasteiger partial charge < -0.3 is 19.7 Å². The van der Waals surface area contributed by atoms with Gasteiger partial charge in [-0.15, -0.1) is 0 Å². The van der Waals surface area contributed by atoms with Crippen LogP contribution >= 0.6 is 0 Å². The molecular formula is C24H34N4O4. The van der Waals surface area contributed by atoms with Crippen molar-refractivity contribution in [2.45, 2.75) is 71.9 Å². The van der Waals surface area contributed by atoms with Crippen LogP contribution in [-0.2, 0) is 9.53 Å². The summed E-state index contributed by atoms with van der Waals surface area (Å²) in [6, 6.07) is 5.70. The van der Waals surface area contributed by atoms with E-state index in [0.29, 0.717) is 23.6 Å². The summed E-state index contributed by atoms with van der Waals surface area (Å²) in [6.45, 7) is 11.0. The number of ether oxygens (including phenoxy) is 2. The molecule has 1 fully saturated rings. The summed E-state index contributed by atoms with van der Waals surface area (Å²) in [6.07, 6.45) is 4.43. The smallest absolute Gasteiger partial charge is 0.410 e. The largest absolute Gasteiger partial charge is 0.444 e. The third-order valence-electron chi connectivity index (χ3n) is 5.48. The molecule has 8 heteroatoms. The number of amides is 1. The molecule has 0 bridgehead atoms. The van der Waals surface area contributed by atoms with E-state index >= 15 is 0 Å². The van der Waals surface area contributed by atoms with Gasteiger partial charge in [-0.3, -0.25) is 4.79 Å². The number of fused-ring (bicyclic) bond motifs is 1. The Morgan fingerprint density at radius 1 is 1.22 bits per heavy atom. The fourth-order valence-electron chi connectivity index (χ4n) is 3.92. The van der Waals surface area contributed by atoms with Crippen LogP contribution in [0.25, 0.3) is 10.9 Å². The average molecular weight is 443 g/mol. The Kier molecular flexibility index (Phi) is 7.53. The molecule has 1 aromatic heterocycles. The van der Waals surface area contributed by atoms with E-state index in [4.69, 9.17) is 9.47 Å². The standard InChI is InChI=1S/C24H34N4O4/c1-6-20(29)31-19-9-7-8-18-21(19)25-15-26-22(18)27-16(2)14-17-10-12-28(13-11-17)23(30)32-24(3,4)5/h7-9,15-17H,6,10-14H2,1-5H3,(H,25,26,27)/t16-/m0/s1. The number of nitrogens with zero attached hydrogens (tertiary/aromatic N) is 3. The highest BCUT2D eigenvalue weighted by atomic mass is 16.6. The zero-order valence-corrected chi connectivity index (χ0v) is 19.7. The van der Waals surface area contributed by atoms with Crippen molar-refractivity contribution < 1.29 is 19.1 Å². The van der Waals surface area contributed by atoms with Gasteiger partial charge in [-0.2, -0.15) is 0 Å². The number of hydrogen-bond acceptors (Lipinski definition) is 7. The molecule has 1 saturated heterocycles. The van der Waals surface area contributed by atoms with E-state index < -0.39 is 5.60 Å². The number of carbonyl (C=O) groups is 2. The second kappa shape index (κ2) is 10.1. The third kappa shape index (κ3) is 6.31. The summed E-state index contributed by atoms with van der Waals surface area (Å²) in [4.78, 5) is 34.5. The maximum atomic E-state index is 12.3. The van der Waals surface area contributed by atoms with Crippen molar-refractivity contribution in [3.8, 4) is 5.75 Å². The van der Waals surface area contributed by atoms with E-state index in [1.807, 2.05) is 32.9 Å². The van der Waals surface area contributed by atoms with Crippen LogP contribution in [0.5, 0.6) is 5.75 Å². The van der Waals surface area contributed by atoms with E-state index in [9.17, 15) is 9.59 Å². The van der Waals surface area contributed by atoms with Crippen molar-refractivity contribution in [2.75, 3.05) is 18.4 Å². The first-order valence-electron chi connectivity index (χ1n) is 11.3. The molecule has 174 valence electrons. The number of anilines is 1. The first-order valence-corrected chi connectivity index (χ1v) is 11.3. The van der Waals surface area contributed by atoms with Crippen molar-refractivity contribution in [3.05, 3.63) is 24.5 Å². The second-order valence-corrected chi connectivity index (χ2v) is 9.39. The minimum absolute atomic E-state index is 0.188. The normalized spacial score (nSPS) is 16.0. The molecule has 32 heavy (non-hydrogen) atoms. The molecule has 0 spiro atoms. The first-order chi connectivity index (χ1) is 15.2. The summed E-state index contributed by atoms with van der Waals surface area (Å²) < 4.78 is 10.9. The highest BCUT2D eigenvalue weighted by Crippen LogP contribution is 2.29. The Labute approximate surface area is 189 Å². The van der Waals surface area contributed by atoms with Crippen LogP contribution in [0.4, 0.5) is 10.6 Å². The van der Waals surface area contributed by atoms with Crippen LogP contribution in [0.15, 0.2) is 24.5 Å². The lowest BCUT2D eigenvalue weighted by Crippen LogP contribution is -2.42. The average Bonchev–Trinajstić information content (AvgIpc) is 2.73. The summed E-state index contributed by atoms with van der Waals surface area (Å²) in [7, 11) is 0. The van der Waals surface area contributed by atoms with Crippen LogP contribution in [0, 0.1) is 5.92 Å². The predicted octanol–water partition coefficient (Wildman–Crippen LogP) is 4.78. The molecule has 0 aliphatic carbocycles. The molecule has 2 aromatic rings. The van der Waals surface area contributed by atoms with E-state index in [1.54, 1.807) is 17.9 Å². The van der Waals surface area contributed by atoms with Crippen molar-refractivity contribution >= 4 is 28.8 Å². The van der Waals surface area contributed by atoms with Crippen molar-refractivity contribution in [1.82, 2.24) is 14.9 Å². The van der Waals surface area contributed by atoms with Crippen molar-refractivity contribution in [3.63, 3.8) is 0 Å². The highest BCUT2D eigenvalue weighted by molar-refractivity contribution is 5.94. The zero-order valence-electron chi connectivity index (χ0n) is 19.7. The molecule has 0 unspecified atom stereocenters. The van der Waals surface area contributed by atoms with Gasteiger partial charge >= 0.3 is 12.1 Å². The van der Waals surface area contributed by atoms with Crippen molar-refractivity contribution in [1.29, 1.82) is 0 Å². The van der Waals surface area contributed by atoms with E-state index in [2.05, 4.69) is 22.2 Å². The van der Waals surface area contributed by atoms with E-state index in [0.717, 1.165) is 43.6 Å². The Hall–Kier alpha value is -2.90. The minimum atomic E-state index is -0.471. The number of aromatic nitrogens is 2. The number of likely N-dealkylation sites (tertiary alicyclic amines) is 1. The molecule has 0 saturated carbocycles. The van der Waals surface area contributed by atoms with Crippen molar-refractivity contribution in [2.24, 2.45) is 5.92 Å². The number of rotatable bonds is 6. The lowest BCUT2D eigenvalue weighted by molar-refractivity contribution is -0.133. The predicted molar refractivity (Wildman–Crippen MR) is 124 cm³/mol. The van der Waals surface area contributed by atoms with Gasteiger partial charge in [0.25, 0.3) is 0 Å². The lowest BCUT2D eigenvalue weighted by atomic mass is 9.91. The van der Waals surface area contributed by atoms with Crippen LogP contribution in [-0.4, -0.2) is 51.7 Å². The summed E-state index contributed by atoms with van der Waals surface area (Å²) >= 11 is 0. The molecule has 2 heterocycles. The fourth-order valence-corrected chi connectivity index (χ4v) is 3.92. The SMILES string of the molecule is CCC(=O)Oc1cccc2c(N[C@@H](C)CC3CCN(C(=O)OC(C)(C)C)CC3)ncnc12. The summed E-state index contributed by atoms with van der Waals surface area (Å²) in [5, 5.41) is 4.31. The number of benzene rings is 1. The number of carbonyl (C=O) groups excluding carboxylic acids is 2. The summed E-state index contributed by atoms with van der Waals surface area (Å²) in [5.74, 6) is 1.40. The Morgan fingerprint density at radius 3 is 2.59 bits per heavy atom. The highest BCUT2D eigenvalue weighted by Gasteiger charge is 2.27. The summed E-state index contributed by atoms with van der Waals surface area (Å²) in [5.41, 5.74) is 0.145. The minimum Gasteiger partial charge on any atom is -0.444 e. The van der Waals surface area contributed by atoms with Crippen LogP contribution in [0.3, 0.4) is 0 Å². The molecule has 1 aliphatic heterocycles. The number of piperidine rings is 1. The van der Waals surface area contributed by atoms with Crippen LogP contribution in [0.1, 0.15) is 60.3 Å². The molecule has 1 aromatic carbocycles. The molecule has 8 nitrogen and oxygen atoms in total. The molecular weight excluding hydrogens is 408 g/mol. The quantitative estimate of drug-likeness (QED) is 0.508. The number of esters is 1. The maximum Gasteiger partial charge on any atom is 0.410 e. The Balaban J connectivity index is 1.59. The zero-order chi connectivity index (χ0) is 23.3. The maximum absolute atomic E-state index is 12.3. The van der Waals surface area contributed by atoms with Gasteiger partial charge in [0, 0.05) is 30.9 Å². The number of para-hydroxylation sites is 1. The fraction of sp³-hybridized carbons (Fsp3) is 0.583. The topological polar surface area (TPSA) is 93.7 Å². The van der Waals surface area contributed by atoms with Gasteiger partial charge in [0.05, 0.1) is 0 Å². The van der Waals surface area contributed by atoms with Gasteiger partial charge in [-0.05, 0) is 65.0 Å². The Bertz CT molecular complexity index is 949. The monoisotopic (exact) mass is 442 g/mol. The molecule has 1 N–H and O–H groups in total. The number of hydrogen-bond donors (Lipinski definition) is 1. The third-order valence-corrected chi connectivity index (χ3v) is 5.48. The molecule has 1 amide bonds. The Morgan fingerprint density at radius 2 is 1.94 bits per heavy atom. The van der Waals surface area contributed by atoms with Gasteiger partial charge in [-0.25, -0.2) is 14.8 Å². The lowest BCUT2D eigenvalue weighted by Gasteiger charge is -2.34. The van der Waals surface area contributed by atoms with Gasteiger partial charge in [0.2, 0.25) is 0 Å². The molecule has 1 atom stereocenters. The molecule has 0 radical (unpaired) electrons.